The fourth-order valence-electron chi connectivity index (χ4n) is 5.35. The third-order valence-electron chi connectivity index (χ3n) is 7.28. The lowest BCUT2D eigenvalue weighted by Gasteiger charge is -2.27. The van der Waals surface area contributed by atoms with Gasteiger partial charge in [0.1, 0.15) is 15.5 Å². The molecule has 2 saturated heterocycles. The minimum atomic E-state index is -0.254. The van der Waals surface area contributed by atoms with Crippen LogP contribution in [-0.2, 0) is 17.6 Å². The number of ether oxygens (including phenoxy) is 1. The quantitative estimate of drug-likeness (QED) is 0.543. The van der Waals surface area contributed by atoms with Gasteiger partial charge in [-0.05, 0) is 49.9 Å². The largest absolute Gasteiger partial charge is 0.397 e. The van der Waals surface area contributed by atoms with Crippen LogP contribution in [0.3, 0.4) is 0 Å². The number of carbonyl (C=O) groups is 1. The van der Waals surface area contributed by atoms with Gasteiger partial charge in [0, 0.05) is 41.8 Å². The molecule has 9 heteroatoms. The molecule has 0 unspecified atom stereocenters. The molecular weight excluding hydrogens is 436 g/mol. The number of anilines is 2. The molecular formula is C24H28N6O2S. The van der Waals surface area contributed by atoms with Gasteiger partial charge in [0.2, 0.25) is 0 Å². The van der Waals surface area contributed by atoms with Crippen molar-refractivity contribution in [3.8, 4) is 0 Å². The lowest BCUT2D eigenvalue weighted by atomic mass is 9.91. The molecule has 33 heavy (non-hydrogen) atoms. The number of thiophene rings is 1. The Bertz CT molecular complexity index is 1260. The van der Waals surface area contributed by atoms with Crippen LogP contribution in [0.2, 0.25) is 0 Å². The van der Waals surface area contributed by atoms with E-state index in [1.807, 2.05) is 19.1 Å². The summed E-state index contributed by atoms with van der Waals surface area (Å²) >= 11 is 1.36. The normalized spacial score (nSPS) is 26.4. The van der Waals surface area contributed by atoms with Gasteiger partial charge in [-0.25, -0.2) is 9.97 Å². The summed E-state index contributed by atoms with van der Waals surface area (Å²) in [5, 5.41) is 4.03. The average molecular weight is 465 g/mol. The number of nitrogen functional groups attached to an aromatic ring is 1. The highest BCUT2D eigenvalue weighted by Gasteiger charge is 2.48. The monoisotopic (exact) mass is 464 g/mol. The zero-order valence-electron chi connectivity index (χ0n) is 18.6. The summed E-state index contributed by atoms with van der Waals surface area (Å²) < 4.78 is 5.58. The molecule has 1 amide bonds. The summed E-state index contributed by atoms with van der Waals surface area (Å²) in [6.07, 6.45) is 2.47. The minimum absolute atomic E-state index is 0.0626. The Balaban J connectivity index is 1.15. The van der Waals surface area contributed by atoms with Crippen molar-refractivity contribution in [1.29, 1.82) is 0 Å². The highest BCUT2D eigenvalue weighted by Crippen LogP contribution is 2.35. The number of amides is 1. The summed E-state index contributed by atoms with van der Waals surface area (Å²) in [5.74, 6) is 1.25. The smallest absolute Gasteiger partial charge is 0.263 e. The van der Waals surface area contributed by atoms with Gasteiger partial charge in [0.25, 0.3) is 5.91 Å². The molecule has 5 N–H and O–H groups in total. The maximum absolute atomic E-state index is 13.0. The molecule has 2 aliphatic heterocycles. The molecule has 3 aromatic heterocycles. The maximum atomic E-state index is 13.0. The Hall–Kier alpha value is -2.75. The number of rotatable bonds is 3. The maximum Gasteiger partial charge on any atom is 0.263 e. The Morgan fingerprint density at radius 1 is 1.30 bits per heavy atom. The van der Waals surface area contributed by atoms with Crippen molar-refractivity contribution in [1.82, 2.24) is 15.3 Å². The van der Waals surface area contributed by atoms with Crippen molar-refractivity contribution in [2.75, 3.05) is 36.9 Å². The molecule has 172 valence electrons. The van der Waals surface area contributed by atoms with Crippen molar-refractivity contribution >= 4 is 39.0 Å². The first-order valence-electron chi connectivity index (χ1n) is 11.5. The van der Waals surface area contributed by atoms with E-state index >= 15 is 0 Å². The van der Waals surface area contributed by atoms with Crippen LogP contribution < -0.4 is 21.7 Å². The fraction of sp³-hybridized carbons (Fsp3) is 0.458. The first kappa shape index (κ1) is 20.8. The van der Waals surface area contributed by atoms with Crippen LogP contribution >= 0.6 is 11.3 Å². The van der Waals surface area contributed by atoms with Gasteiger partial charge in [-0.15, -0.1) is 11.3 Å². The second-order valence-electron chi connectivity index (χ2n) is 9.66. The number of fused-ring (bicyclic) bond motifs is 3. The molecule has 0 bridgehead atoms. The van der Waals surface area contributed by atoms with Crippen LogP contribution in [0.1, 0.15) is 33.0 Å². The number of pyridine rings is 2. The third-order valence-corrected chi connectivity index (χ3v) is 8.39. The van der Waals surface area contributed by atoms with Crippen LogP contribution in [0, 0.1) is 12.8 Å². The van der Waals surface area contributed by atoms with Crippen molar-refractivity contribution in [2.45, 2.75) is 37.8 Å². The predicted molar refractivity (Wildman–Crippen MR) is 130 cm³/mol. The molecule has 0 saturated carbocycles. The van der Waals surface area contributed by atoms with Crippen LogP contribution in [-0.4, -0.2) is 53.8 Å². The number of hydrogen-bond acceptors (Lipinski definition) is 8. The number of nitrogens with two attached hydrogens (primary N) is 2. The number of aromatic nitrogens is 2. The Morgan fingerprint density at radius 2 is 2.18 bits per heavy atom. The number of nitrogens with zero attached hydrogens (tertiary/aromatic N) is 3. The topological polar surface area (TPSA) is 119 Å². The predicted octanol–water partition coefficient (Wildman–Crippen LogP) is 2.03. The van der Waals surface area contributed by atoms with Gasteiger partial charge in [-0.1, -0.05) is 6.07 Å². The molecule has 6 rings (SSSR count). The number of nitrogens with one attached hydrogen (secondary N) is 1. The van der Waals surface area contributed by atoms with Gasteiger partial charge in [-0.2, -0.15) is 0 Å². The van der Waals surface area contributed by atoms with Crippen LogP contribution in [0.5, 0.6) is 0 Å². The third kappa shape index (κ3) is 3.55. The van der Waals surface area contributed by atoms with E-state index in [4.69, 9.17) is 21.2 Å². The standard InChI is InChI=1S/C24H28N6O2S/c1-13-2-5-17-20(25)21(33-23(17)27-13)22(31)28-16-4-6-18-14(8-16)3-7-19(29-18)30-9-15-10-32-12-24(15,26)11-30/h2-3,5,7,15-16H,4,6,8-12,25-26H2,1H3,(H,28,31)/t15-,16-,24-/m0/s1. The summed E-state index contributed by atoms with van der Waals surface area (Å²) in [6.45, 7) is 4.98. The molecule has 3 atom stereocenters. The molecule has 0 spiro atoms. The van der Waals surface area contributed by atoms with Crippen molar-refractivity contribution in [3.05, 3.63) is 46.1 Å². The second kappa shape index (κ2) is 7.65. The molecule has 1 aliphatic carbocycles. The fourth-order valence-corrected chi connectivity index (χ4v) is 6.40. The zero-order valence-corrected chi connectivity index (χ0v) is 19.5. The van der Waals surface area contributed by atoms with E-state index in [1.54, 1.807) is 0 Å². The SMILES string of the molecule is Cc1ccc2c(N)c(C(=O)N[C@H]3CCc4nc(N5C[C@H]6COC[C@@]6(N)C5)ccc4C3)sc2n1. The first-order valence-corrected chi connectivity index (χ1v) is 12.3. The molecule has 8 nitrogen and oxygen atoms in total. The first-order chi connectivity index (χ1) is 15.9. The van der Waals surface area contributed by atoms with Crippen LogP contribution in [0.25, 0.3) is 10.2 Å². The van der Waals surface area contributed by atoms with Gasteiger partial charge < -0.3 is 26.4 Å². The van der Waals surface area contributed by atoms with Crippen molar-refractivity contribution < 1.29 is 9.53 Å². The van der Waals surface area contributed by atoms with Gasteiger partial charge >= 0.3 is 0 Å². The minimum Gasteiger partial charge on any atom is -0.397 e. The van der Waals surface area contributed by atoms with E-state index in [-0.39, 0.29) is 17.5 Å². The van der Waals surface area contributed by atoms with E-state index in [0.29, 0.717) is 23.1 Å². The van der Waals surface area contributed by atoms with Crippen LogP contribution in [0.15, 0.2) is 24.3 Å². The van der Waals surface area contributed by atoms with E-state index in [1.165, 1.54) is 16.9 Å². The zero-order chi connectivity index (χ0) is 22.7. The highest BCUT2D eigenvalue weighted by molar-refractivity contribution is 7.21. The van der Waals surface area contributed by atoms with Gasteiger partial charge in [-0.3, -0.25) is 4.79 Å². The summed E-state index contributed by atoms with van der Waals surface area (Å²) in [6, 6.07) is 8.17. The van der Waals surface area contributed by atoms with Crippen LogP contribution in [0.4, 0.5) is 11.5 Å². The Morgan fingerprint density at radius 3 is 3.03 bits per heavy atom. The summed E-state index contributed by atoms with van der Waals surface area (Å²) in [7, 11) is 0. The van der Waals surface area contributed by atoms with Gasteiger partial charge in [0.15, 0.2) is 0 Å². The molecule has 2 fully saturated rings. The molecule has 3 aromatic rings. The number of carbonyl (C=O) groups excluding carboxylic acids is 1. The lowest BCUT2D eigenvalue weighted by molar-refractivity contribution is 0.0938. The van der Waals surface area contributed by atoms with Crippen molar-refractivity contribution in [3.63, 3.8) is 0 Å². The lowest BCUT2D eigenvalue weighted by Crippen LogP contribution is -2.47. The Kier molecular flexibility index (Phi) is 4.83. The summed E-state index contributed by atoms with van der Waals surface area (Å²) in [5.41, 5.74) is 16.3. The average Bonchev–Trinajstić information content (AvgIpc) is 3.42. The highest BCUT2D eigenvalue weighted by atomic mass is 32.1. The van der Waals surface area contributed by atoms with E-state index in [0.717, 1.165) is 66.4 Å². The molecule has 0 radical (unpaired) electrons. The second-order valence-corrected chi connectivity index (χ2v) is 10.7. The van der Waals surface area contributed by atoms with Crippen molar-refractivity contribution in [2.24, 2.45) is 11.7 Å². The number of aryl methyl sites for hydroxylation is 2. The van der Waals surface area contributed by atoms with Gasteiger partial charge in [0.05, 0.1) is 24.4 Å². The summed E-state index contributed by atoms with van der Waals surface area (Å²) in [4.78, 5) is 26.1. The van der Waals surface area contributed by atoms with E-state index in [2.05, 4.69) is 27.3 Å². The molecule has 5 heterocycles. The number of hydrogen-bond donors (Lipinski definition) is 3. The van der Waals surface area contributed by atoms with E-state index in [9.17, 15) is 4.79 Å². The van der Waals surface area contributed by atoms with E-state index < -0.39 is 0 Å². The molecule has 0 aromatic carbocycles. The Labute approximate surface area is 196 Å². The molecule has 3 aliphatic rings.